The van der Waals surface area contributed by atoms with Crippen LogP contribution in [-0.2, 0) is 20.1 Å². The summed E-state index contributed by atoms with van der Waals surface area (Å²) in [4.78, 5) is 35.8. The molecule has 4 aromatic rings. The van der Waals surface area contributed by atoms with E-state index in [0.717, 1.165) is 11.3 Å². The van der Waals surface area contributed by atoms with Gasteiger partial charge in [-0.25, -0.2) is 0 Å². The average molecular weight is 549 g/mol. The Balaban J connectivity index is 0.000000194. The minimum Gasteiger partial charge on any atom is -0.399 e. The zero-order valence-electron chi connectivity index (χ0n) is 14.9. The fraction of sp³-hybridized carbons (Fsp3) is 0.0476. The van der Waals surface area contributed by atoms with Crippen molar-refractivity contribution in [3.8, 4) is 22.6 Å². The quantitative estimate of drug-likeness (QED) is 0.389. The van der Waals surface area contributed by atoms with Crippen LogP contribution in [0.4, 0.5) is 0 Å². The Morgan fingerprint density at radius 2 is 1.79 bits per heavy atom. The molecule has 28 heavy (non-hydrogen) atoms. The summed E-state index contributed by atoms with van der Waals surface area (Å²) in [6.07, 6.45) is 3.44. The third kappa shape index (κ3) is 5.94. The molecular weight excluding hydrogens is 532 g/mol. The topological polar surface area (TPSA) is 89.8 Å². The van der Waals surface area contributed by atoms with Crippen molar-refractivity contribution in [1.29, 1.82) is 0 Å². The first kappa shape index (κ1) is 21.2. The van der Waals surface area contributed by atoms with E-state index in [0.29, 0.717) is 11.4 Å². The van der Waals surface area contributed by atoms with Crippen molar-refractivity contribution in [3.63, 3.8) is 0 Å². The van der Waals surface area contributed by atoms with Crippen molar-refractivity contribution >= 4 is 0 Å². The molecule has 0 saturated heterocycles. The third-order valence-corrected chi connectivity index (χ3v) is 3.54. The van der Waals surface area contributed by atoms with Crippen LogP contribution in [0.2, 0.25) is 0 Å². The minimum atomic E-state index is -0.654. The summed E-state index contributed by atoms with van der Waals surface area (Å²) in [5, 5.41) is 0. The molecule has 0 unspecified atom stereocenters. The van der Waals surface area contributed by atoms with Crippen LogP contribution in [0.25, 0.3) is 22.6 Å². The van der Waals surface area contributed by atoms with Gasteiger partial charge in [-0.05, 0) is 42.1 Å². The van der Waals surface area contributed by atoms with Crippen molar-refractivity contribution in [3.05, 3.63) is 106 Å². The van der Waals surface area contributed by atoms with Gasteiger partial charge in [0.05, 0.1) is 5.69 Å². The van der Waals surface area contributed by atoms with E-state index in [1.54, 1.807) is 24.4 Å². The van der Waals surface area contributed by atoms with Gasteiger partial charge in [-0.3, -0.25) is 14.6 Å². The van der Waals surface area contributed by atoms with Gasteiger partial charge in [-0.1, -0.05) is 18.2 Å². The molecule has 0 saturated carbocycles. The largest absolute Gasteiger partial charge is 0.399 e. The number of aromatic nitrogens is 4. The van der Waals surface area contributed by atoms with Gasteiger partial charge in [0.1, 0.15) is 0 Å². The summed E-state index contributed by atoms with van der Waals surface area (Å²) in [6, 6.07) is 21.5. The van der Waals surface area contributed by atoms with E-state index in [9.17, 15) is 9.59 Å². The predicted octanol–water partition coefficient (Wildman–Crippen LogP) is 2.61. The SMILES string of the molecule is Cc1ccc(-c2[c-]cccc2)nc1.O=c1cc(-c2ccccn2)[n-]c(=O)[nH]1.[Ir]. The number of hydrogen-bond acceptors (Lipinski definition) is 4. The average Bonchev–Trinajstić information content (AvgIpc) is 2.70. The van der Waals surface area contributed by atoms with Gasteiger partial charge < -0.3 is 15.0 Å². The molecule has 3 aromatic heterocycles. The molecule has 4 rings (SSSR count). The second kappa shape index (κ2) is 10.3. The first-order valence-corrected chi connectivity index (χ1v) is 8.21. The van der Waals surface area contributed by atoms with Crippen molar-refractivity contribution in [2.24, 2.45) is 0 Å². The van der Waals surface area contributed by atoms with Gasteiger partial charge in [0.25, 0.3) is 0 Å². The summed E-state index contributed by atoms with van der Waals surface area (Å²) in [7, 11) is 0. The van der Waals surface area contributed by atoms with Crippen molar-refractivity contribution in [2.45, 2.75) is 6.92 Å². The second-order valence-electron chi connectivity index (χ2n) is 5.65. The molecule has 0 bridgehead atoms. The molecule has 1 aromatic carbocycles. The molecule has 0 aliphatic carbocycles. The molecule has 1 N–H and O–H groups in total. The van der Waals surface area contributed by atoms with Crippen LogP contribution < -0.4 is 16.2 Å². The Labute approximate surface area is 175 Å². The zero-order chi connectivity index (χ0) is 19.1. The normalized spacial score (nSPS) is 9.61. The Hall–Kier alpha value is -3.15. The number of pyridine rings is 2. The number of H-pyrrole nitrogens is 1. The van der Waals surface area contributed by atoms with Crippen molar-refractivity contribution < 1.29 is 20.1 Å². The number of aryl methyl sites for hydroxylation is 1. The number of rotatable bonds is 2. The maximum atomic E-state index is 11.0. The van der Waals surface area contributed by atoms with Gasteiger partial charge >= 0.3 is 0 Å². The molecule has 1 radical (unpaired) electrons. The Kier molecular flexibility index (Phi) is 7.75. The number of aromatic amines is 1. The van der Waals surface area contributed by atoms with E-state index in [1.165, 1.54) is 11.6 Å². The van der Waals surface area contributed by atoms with Gasteiger partial charge in [0, 0.05) is 32.5 Å². The van der Waals surface area contributed by atoms with Gasteiger partial charge in [-0.2, -0.15) is 0 Å². The first-order valence-electron chi connectivity index (χ1n) is 8.21. The van der Waals surface area contributed by atoms with Crippen LogP contribution in [0.5, 0.6) is 0 Å². The Morgan fingerprint density at radius 3 is 2.39 bits per heavy atom. The molecule has 143 valence electrons. The summed E-state index contributed by atoms with van der Waals surface area (Å²) < 4.78 is 0. The van der Waals surface area contributed by atoms with Crippen molar-refractivity contribution in [2.75, 3.05) is 0 Å². The maximum absolute atomic E-state index is 11.0. The van der Waals surface area contributed by atoms with Gasteiger partial charge in [-0.15, -0.1) is 35.9 Å². The smallest absolute Gasteiger partial charge is 0.171 e. The number of hydrogen-bond donors (Lipinski definition) is 1. The Bertz CT molecular complexity index is 1080. The summed E-state index contributed by atoms with van der Waals surface area (Å²) in [5.41, 5.74) is 2.88. The fourth-order valence-electron chi connectivity index (χ4n) is 2.26. The standard InChI is InChI=1S/C12H10N.C9H7N3O2.Ir/c1-10-7-8-12(13-9-10)11-5-3-2-4-6-11;13-8-5-7(11-9(14)12-8)6-3-1-2-4-10-6;/h2-5,7-9H,1H3;1-5H,(H2,11,12,13,14);/q-1;;/p-1. The number of benzene rings is 1. The third-order valence-electron chi connectivity index (χ3n) is 3.54. The minimum absolute atomic E-state index is 0. The van der Waals surface area contributed by atoms with Crippen LogP contribution in [0, 0.1) is 13.0 Å². The van der Waals surface area contributed by atoms with Gasteiger partial charge in [0.15, 0.2) is 11.2 Å². The molecule has 0 amide bonds. The van der Waals surface area contributed by atoms with Crippen LogP contribution in [0.15, 0.2) is 82.6 Å². The molecule has 0 aliphatic rings. The summed E-state index contributed by atoms with van der Waals surface area (Å²) in [6.45, 7) is 2.03. The summed E-state index contributed by atoms with van der Waals surface area (Å²) in [5.74, 6) is 0. The van der Waals surface area contributed by atoms with E-state index < -0.39 is 11.2 Å². The van der Waals surface area contributed by atoms with Crippen LogP contribution in [0.3, 0.4) is 0 Å². The maximum Gasteiger partial charge on any atom is 0.171 e. The summed E-state index contributed by atoms with van der Waals surface area (Å²) >= 11 is 0. The molecule has 6 nitrogen and oxygen atoms in total. The predicted molar refractivity (Wildman–Crippen MR) is 103 cm³/mol. The number of nitrogens with one attached hydrogen (secondary N) is 1. The first-order chi connectivity index (χ1) is 13.1. The van der Waals surface area contributed by atoms with E-state index in [1.807, 2.05) is 48.4 Å². The van der Waals surface area contributed by atoms with E-state index in [2.05, 4.69) is 27.1 Å². The molecule has 0 spiro atoms. The molecule has 7 heteroatoms. The van der Waals surface area contributed by atoms with E-state index >= 15 is 0 Å². The van der Waals surface area contributed by atoms with Crippen molar-refractivity contribution in [1.82, 2.24) is 19.9 Å². The molecule has 0 atom stereocenters. The van der Waals surface area contributed by atoms with Crippen LogP contribution in [0.1, 0.15) is 5.56 Å². The molecule has 0 fully saturated rings. The molecular formula is C21H16IrN4O2-2. The van der Waals surface area contributed by atoms with Gasteiger partial charge in [0.2, 0.25) is 0 Å². The fourth-order valence-corrected chi connectivity index (χ4v) is 2.26. The molecule has 3 heterocycles. The van der Waals surface area contributed by atoms with E-state index in [4.69, 9.17) is 0 Å². The molecule has 0 aliphatic heterocycles. The van der Waals surface area contributed by atoms with Crippen LogP contribution >= 0.6 is 0 Å². The van der Waals surface area contributed by atoms with E-state index in [-0.39, 0.29) is 20.1 Å². The number of nitrogens with zero attached hydrogens (tertiary/aromatic N) is 3. The second-order valence-corrected chi connectivity index (χ2v) is 5.65. The zero-order valence-corrected chi connectivity index (χ0v) is 17.3. The monoisotopic (exact) mass is 549 g/mol. The van der Waals surface area contributed by atoms with Crippen LogP contribution in [-0.4, -0.2) is 15.0 Å². The Morgan fingerprint density at radius 1 is 0.964 bits per heavy atom.